The molecule has 0 radical (unpaired) electrons. The number of halogens is 1. The van der Waals surface area contributed by atoms with E-state index in [0.29, 0.717) is 0 Å². The molecule has 0 spiro atoms. The van der Waals surface area contributed by atoms with Crippen molar-refractivity contribution in [1.82, 2.24) is 4.57 Å². The molecule has 0 fully saturated rings. The highest BCUT2D eigenvalue weighted by molar-refractivity contribution is 6.31. The fourth-order valence-corrected chi connectivity index (χ4v) is 3.45. The molecule has 0 bridgehead atoms. The largest absolute Gasteiger partial charge is 0.288 e. The van der Waals surface area contributed by atoms with E-state index in [9.17, 15) is 4.79 Å². The minimum Gasteiger partial charge on any atom is -0.288 e. The van der Waals surface area contributed by atoms with E-state index in [1.807, 2.05) is 60.8 Å². The molecule has 0 atom stereocenters. The number of carbonyl (C=O) groups excluding carboxylic acids is 1. The van der Waals surface area contributed by atoms with Crippen LogP contribution in [-0.4, -0.2) is 10.5 Å². The first-order chi connectivity index (χ1) is 12.6. The molecule has 1 amide bonds. The highest BCUT2D eigenvalue weighted by atomic mass is 35.5. The quantitative estimate of drug-likeness (QED) is 0.603. The molecule has 3 aromatic rings. The van der Waals surface area contributed by atoms with Gasteiger partial charge in [0.25, 0.3) is 5.82 Å². The molecule has 0 aliphatic heterocycles. The predicted molar refractivity (Wildman–Crippen MR) is 107 cm³/mol. The average molecular weight is 369 g/mol. The van der Waals surface area contributed by atoms with Crippen molar-refractivity contribution in [1.29, 1.82) is 0 Å². The number of amides is 1. The zero-order chi connectivity index (χ0) is 18.7. The number of hydrogen-bond donors (Lipinski definition) is 0. The molecule has 134 valence electrons. The smallest absolute Gasteiger partial charge is 0.283 e. The maximum atomic E-state index is 12.1. The van der Waals surface area contributed by atoms with Crippen LogP contribution in [0.15, 0.2) is 54.7 Å². The molecule has 3 rings (SSSR count). The van der Waals surface area contributed by atoms with Crippen LogP contribution < -0.4 is 9.47 Å². The van der Waals surface area contributed by atoms with Gasteiger partial charge in [0.15, 0.2) is 11.0 Å². The molecule has 26 heavy (non-hydrogen) atoms. The van der Waals surface area contributed by atoms with Crippen molar-refractivity contribution < 1.29 is 9.36 Å². The van der Waals surface area contributed by atoms with Crippen molar-refractivity contribution in [3.05, 3.63) is 65.6 Å². The molecule has 1 aromatic heterocycles. The molecule has 4 nitrogen and oxygen atoms in total. The van der Waals surface area contributed by atoms with Gasteiger partial charge in [-0.3, -0.25) is 9.69 Å². The summed E-state index contributed by atoms with van der Waals surface area (Å²) < 4.78 is 4.44. The second-order valence-electron chi connectivity index (χ2n) is 6.02. The third kappa shape index (κ3) is 3.37. The SMILES string of the molecule is CCn1c(C=CN(C(C)=O)c2ccccc2)[n+](CC)c2ccc(Cl)cc21. The van der Waals surface area contributed by atoms with Crippen LogP contribution >= 0.6 is 11.6 Å². The Hall–Kier alpha value is -2.59. The van der Waals surface area contributed by atoms with E-state index < -0.39 is 0 Å². The Morgan fingerprint density at radius 3 is 2.54 bits per heavy atom. The van der Waals surface area contributed by atoms with Gasteiger partial charge in [-0.2, -0.15) is 0 Å². The van der Waals surface area contributed by atoms with Gasteiger partial charge in [-0.05, 0) is 38.1 Å². The number of aryl methyl sites for hydroxylation is 2. The van der Waals surface area contributed by atoms with Crippen LogP contribution in [0.4, 0.5) is 5.69 Å². The van der Waals surface area contributed by atoms with Gasteiger partial charge in [0.1, 0.15) is 0 Å². The minimum absolute atomic E-state index is 0.0299. The minimum atomic E-state index is -0.0299. The van der Waals surface area contributed by atoms with Crippen molar-refractivity contribution in [3.8, 4) is 0 Å². The molecular weight excluding hydrogens is 346 g/mol. The number of hydrogen-bond acceptors (Lipinski definition) is 1. The Kier molecular flexibility index (Phi) is 5.43. The fourth-order valence-electron chi connectivity index (χ4n) is 3.28. The summed E-state index contributed by atoms with van der Waals surface area (Å²) >= 11 is 6.21. The summed E-state index contributed by atoms with van der Waals surface area (Å²) in [6.45, 7) is 7.44. The highest BCUT2D eigenvalue weighted by Crippen LogP contribution is 2.21. The van der Waals surface area contributed by atoms with Crippen LogP contribution in [0.1, 0.15) is 26.6 Å². The van der Waals surface area contributed by atoms with Crippen molar-refractivity contribution in [2.75, 3.05) is 4.90 Å². The highest BCUT2D eigenvalue weighted by Gasteiger charge is 2.22. The lowest BCUT2D eigenvalue weighted by atomic mass is 10.3. The number of carbonyl (C=O) groups is 1. The monoisotopic (exact) mass is 368 g/mol. The summed E-state index contributed by atoms with van der Waals surface area (Å²) in [5, 5.41) is 0.720. The van der Waals surface area contributed by atoms with Crippen LogP contribution in [0.25, 0.3) is 17.1 Å². The first kappa shape index (κ1) is 18.2. The van der Waals surface area contributed by atoms with Crippen LogP contribution in [0, 0.1) is 0 Å². The molecule has 1 heterocycles. The normalized spacial score (nSPS) is 11.4. The molecule has 0 aliphatic rings. The standard InChI is InChI=1S/C21H23ClN3O/c1-4-23-19-12-11-17(22)15-20(19)24(5-2)21(23)13-14-25(16(3)26)18-9-7-6-8-10-18/h6-15H,4-5H2,1-3H3/q+1. The molecule has 0 N–H and O–H groups in total. The van der Waals surface area contributed by atoms with E-state index >= 15 is 0 Å². The molecule has 0 saturated heterocycles. The van der Waals surface area contributed by atoms with Gasteiger partial charge in [0, 0.05) is 36.0 Å². The number of imidazole rings is 1. The Balaban J connectivity index is 2.12. The van der Waals surface area contributed by atoms with E-state index in [1.54, 1.807) is 11.8 Å². The number of aromatic nitrogens is 2. The van der Waals surface area contributed by atoms with Crippen LogP contribution in [0.5, 0.6) is 0 Å². The van der Waals surface area contributed by atoms with Crippen LogP contribution in [0.3, 0.4) is 0 Å². The molecule has 5 heteroatoms. The molecule has 0 saturated carbocycles. The number of anilines is 1. The number of rotatable bonds is 5. The topological polar surface area (TPSA) is 29.1 Å². The van der Waals surface area contributed by atoms with Gasteiger partial charge in [0.05, 0.1) is 13.1 Å². The summed E-state index contributed by atoms with van der Waals surface area (Å²) in [7, 11) is 0. The Bertz CT molecular complexity index is 960. The summed E-state index contributed by atoms with van der Waals surface area (Å²) in [6, 6.07) is 15.6. The van der Waals surface area contributed by atoms with Crippen LogP contribution in [0.2, 0.25) is 5.02 Å². The second kappa shape index (κ2) is 7.75. The van der Waals surface area contributed by atoms with Gasteiger partial charge in [-0.15, -0.1) is 0 Å². The molecule has 0 unspecified atom stereocenters. The lowest BCUT2D eigenvalue weighted by molar-refractivity contribution is -0.670. The zero-order valence-electron chi connectivity index (χ0n) is 15.3. The van der Waals surface area contributed by atoms with Crippen molar-refractivity contribution in [3.63, 3.8) is 0 Å². The van der Waals surface area contributed by atoms with Gasteiger partial charge >= 0.3 is 0 Å². The Morgan fingerprint density at radius 2 is 1.92 bits per heavy atom. The van der Waals surface area contributed by atoms with Gasteiger partial charge in [-0.1, -0.05) is 29.8 Å². The van der Waals surface area contributed by atoms with Gasteiger partial charge in [-0.25, -0.2) is 9.13 Å². The zero-order valence-corrected chi connectivity index (χ0v) is 16.1. The lowest BCUT2D eigenvalue weighted by Gasteiger charge is -2.15. The van der Waals surface area contributed by atoms with E-state index in [2.05, 4.69) is 23.0 Å². The van der Waals surface area contributed by atoms with Crippen molar-refractivity contribution in [2.45, 2.75) is 33.9 Å². The van der Waals surface area contributed by atoms with E-state index in [0.717, 1.165) is 40.7 Å². The Morgan fingerprint density at radius 1 is 1.19 bits per heavy atom. The van der Waals surface area contributed by atoms with Crippen molar-refractivity contribution in [2.24, 2.45) is 0 Å². The third-order valence-corrected chi connectivity index (χ3v) is 4.69. The summed E-state index contributed by atoms with van der Waals surface area (Å²) in [5.74, 6) is 1.01. The fraction of sp³-hybridized carbons (Fsp3) is 0.238. The third-order valence-electron chi connectivity index (χ3n) is 4.45. The number of para-hydroxylation sites is 1. The Labute approximate surface area is 158 Å². The molecular formula is C21H23ClN3O+. The van der Waals surface area contributed by atoms with E-state index in [1.165, 1.54) is 0 Å². The maximum Gasteiger partial charge on any atom is 0.283 e. The average Bonchev–Trinajstić information content (AvgIpc) is 2.94. The number of benzene rings is 2. The lowest BCUT2D eigenvalue weighted by Crippen LogP contribution is -2.35. The molecule has 0 aliphatic carbocycles. The molecule has 2 aromatic carbocycles. The van der Waals surface area contributed by atoms with Gasteiger partial charge < -0.3 is 0 Å². The van der Waals surface area contributed by atoms with E-state index in [4.69, 9.17) is 11.6 Å². The van der Waals surface area contributed by atoms with Crippen LogP contribution in [-0.2, 0) is 17.9 Å². The van der Waals surface area contributed by atoms with Gasteiger partial charge in [0.2, 0.25) is 5.91 Å². The number of fused-ring (bicyclic) bond motifs is 1. The van der Waals surface area contributed by atoms with Crippen molar-refractivity contribution >= 4 is 40.3 Å². The summed E-state index contributed by atoms with van der Waals surface area (Å²) in [6.07, 6.45) is 3.83. The first-order valence-corrected chi connectivity index (χ1v) is 9.19. The predicted octanol–water partition coefficient (Wildman–Crippen LogP) is 4.65. The van der Waals surface area contributed by atoms with E-state index in [-0.39, 0.29) is 5.91 Å². The second-order valence-corrected chi connectivity index (χ2v) is 6.46. The maximum absolute atomic E-state index is 12.1. The first-order valence-electron chi connectivity index (χ1n) is 8.81. The number of nitrogens with zero attached hydrogens (tertiary/aromatic N) is 3. The summed E-state index contributed by atoms with van der Waals surface area (Å²) in [4.78, 5) is 13.8. The summed E-state index contributed by atoms with van der Waals surface area (Å²) in [5.41, 5.74) is 3.07.